The third kappa shape index (κ3) is 4.20. The summed E-state index contributed by atoms with van der Waals surface area (Å²) in [4.78, 5) is 5.30. The van der Waals surface area contributed by atoms with E-state index in [0.29, 0.717) is 23.3 Å². The molecule has 6 heteroatoms. The number of aliphatic hydroxyl groups is 1. The van der Waals surface area contributed by atoms with Crippen LogP contribution in [0.15, 0.2) is 47.1 Å². The molecule has 0 spiro atoms. The average molecular weight is 349 g/mol. The molecule has 4 nitrogen and oxygen atoms in total. The Balaban J connectivity index is 1.54. The quantitative estimate of drug-likeness (QED) is 0.701. The molecule has 0 saturated carbocycles. The summed E-state index contributed by atoms with van der Waals surface area (Å²) in [6, 6.07) is 11.7. The van der Waals surface area contributed by atoms with Gasteiger partial charge in [-0.25, -0.2) is 4.98 Å². The van der Waals surface area contributed by atoms with Gasteiger partial charge in [0.25, 0.3) is 0 Å². The second kappa shape index (κ2) is 7.27. The van der Waals surface area contributed by atoms with Gasteiger partial charge in [-0.2, -0.15) is 0 Å². The summed E-state index contributed by atoms with van der Waals surface area (Å²) < 4.78 is 6.19. The lowest BCUT2D eigenvalue weighted by Crippen LogP contribution is -2.20. The molecule has 0 aliphatic rings. The van der Waals surface area contributed by atoms with Gasteiger partial charge < -0.3 is 14.8 Å². The lowest BCUT2D eigenvalue weighted by molar-refractivity contribution is 0.178. The van der Waals surface area contributed by atoms with Gasteiger partial charge >= 0.3 is 0 Å². The Bertz CT molecular complexity index is 767. The number of rotatable bonds is 6. The number of nitrogens with one attached hydrogen (secondary N) is 1. The van der Waals surface area contributed by atoms with Crippen molar-refractivity contribution in [1.82, 2.24) is 10.3 Å². The maximum absolute atomic E-state index is 10.1. The van der Waals surface area contributed by atoms with E-state index in [1.807, 2.05) is 37.3 Å². The number of aryl methyl sites for hydroxylation is 1. The molecule has 0 amide bonds. The molecule has 0 aliphatic heterocycles. The molecule has 1 unspecified atom stereocenters. The summed E-state index contributed by atoms with van der Waals surface area (Å²) in [5.41, 5.74) is 2.96. The number of benzene rings is 1. The van der Waals surface area contributed by atoms with Crippen molar-refractivity contribution in [3.05, 3.63) is 63.1 Å². The first-order valence-electron chi connectivity index (χ1n) is 7.27. The van der Waals surface area contributed by atoms with Gasteiger partial charge in [-0.3, -0.25) is 0 Å². The van der Waals surface area contributed by atoms with Crippen LogP contribution in [0.25, 0.3) is 11.5 Å². The number of aromatic nitrogens is 1. The van der Waals surface area contributed by atoms with Gasteiger partial charge in [0.05, 0.1) is 10.0 Å². The SMILES string of the molecule is Cc1ccc(-c2nc(CNCC(O)c3ccc(Cl)s3)co2)cc1. The highest BCUT2D eigenvalue weighted by atomic mass is 35.5. The van der Waals surface area contributed by atoms with Crippen LogP contribution in [0.4, 0.5) is 0 Å². The number of thiophene rings is 1. The molecule has 0 radical (unpaired) electrons. The zero-order chi connectivity index (χ0) is 16.2. The molecule has 2 aromatic heterocycles. The molecule has 3 aromatic rings. The van der Waals surface area contributed by atoms with Crippen molar-refractivity contribution < 1.29 is 9.52 Å². The predicted molar refractivity (Wildman–Crippen MR) is 92.7 cm³/mol. The Morgan fingerprint density at radius 1 is 1.26 bits per heavy atom. The van der Waals surface area contributed by atoms with Crippen LogP contribution in [0.2, 0.25) is 4.34 Å². The van der Waals surface area contributed by atoms with Crippen LogP contribution in [0.1, 0.15) is 22.2 Å². The van der Waals surface area contributed by atoms with Crippen LogP contribution < -0.4 is 5.32 Å². The Labute approximate surface area is 143 Å². The lowest BCUT2D eigenvalue weighted by atomic mass is 10.1. The number of nitrogens with zero attached hydrogens (tertiary/aromatic N) is 1. The Hall–Kier alpha value is -1.66. The molecule has 23 heavy (non-hydrogen) atoms. The Morgan fingerprint density at radius 2 is 2.04 bits per heavy atom. The van der Waals surface area contributed by atoms with Crippen molar-refractivity contribution in [2.24, 2.45) is 0 Å². The highest BCUT2D eigenvalue weighted by Gasteiger charge is 2.11. The molecular formula is C17H17ClN2O2S. The zero-order valence-corrected chi connectivity index (χ0v) is 14.2. The van der Waals surface area contributed by atoms with E-state index in [9.17, 15) is 5.11 Å². The van der Waals surface area contributed by atoms with E-state index in [1.165, 1.54) is 16.9 Å². The van der Waals surface area contributed by atoms with Gasteiger partial charge in [-0.15, -0.1) is 11.3 Å². The second-order valence-corrected chi connectivity index (χ2v) is 7.05. The molecule has 0 aliphatic carbocycles. The highest BCUT2D eigenvalue weighted by Crippen LogP contribution is 2.26. The van der Waals surface area contributed by atoms with Crippen LogP contribution in [0, 0.1) is 6.92 Å². The average Bonchev–Trinajstić information content (AvgIpc) is 3.17. The maximum atomic E-state index is 10.1. The molecule has 1 aromatic carbocycles. The van der Waals surface area contributed by atoms with Gasteiger partial charge in [-0.1, -0.05) is 29.3 Å². The van der Waals surface area contributed by atoms with Gasteiger partial charge in [0.2, 0.25) is 5.89 Å². The fraction of sp³-hybridized carbons (Fsp3) is 0.235. The Kier molecular flexibility index (Phi) is 5.13. The summed E-state index contributed by atoms with van der Waals surface area (Å²) in [5.74, 6) is 0.604. The molecule has 3 rings (SSSR count). The van der Waals surface area contributed by atoms with Crippen LogP contribution >= 0.6 is 22.9 Å². The third-order valence-corrected chi connectivity index (χ3v) is 4.75. The van der Waals surface area contributed by atoms with E-state index in [0.717, 1.165) is 16.1 Å². The summed E-state index contributed by atoms with van der Waals surface area (Å²) in [5, 5.41) is 13.2. The molecule has 0 saturated heterocycles. The van der Waals surface area contributed by atoms with Gasteiger partial charge in [0.15, 0.2) is 0 Å². The van der Waals surface area contributed by atoms with Crippen LogP contribution in [-0.2, 0) is 6.54 Å². The first-order chi connectivity index (χ1) is 11.1. The predicted octanol–water partition coefficient (Wildman–Crippen LogP) is 4.19. The smallest absolute Gasteiger partial charge is 0.226 e. The number of hydrogen-bond acceptors (Lipinski definition) is 5. The summed E-state index contributed by atoms with van der Waals surface area (Å²) in [7, 11) is 0. The molecular weight excluding hydrogens is 332 g/mol. The van der Waals surface area contributed by atoms with E-state index in [2.05, 4.69) is 10.3 Å². The van der Waals surface area contributed by atoms with Gasteiger partial charge in [0, 0.05) is 23.5 Å². The van der Waals surface area contributed by atoms with Crippen LogP contribution in [0.5, 0.6) is 0 Å². The first-order valence-corrected chi connectivity index (χ1v) is 8.47. The van der Waals surface area contributed by atoms with E-state index in [1.54, 1.807) is 12.3 Å². The maximum Gasteiger partial charge on any atom is 0.226 e. The lowest BCUT2D eigenvalue weighted by Gasteiger charge is -2.08. The standard InChI is InChI=1S/C17H17ClN2O2S/c1-11-2-4-12(5-3-11)17-20-13(10-22-17)8-19-9-14(21)15-6-7-16(18)23-15/h2-7,10,14,19,21H,8-9H2,1H3. The minimum Gasteiger partial charge on any atom is -0.444 e. The number of hydrogen-bond donors (Lipinski definition) is 2. The Morgan fingerprint density at radius 3 is 2.74 bits per heavy atom. The van der Waals surface area contributed by atoms with Crippen molar-refractivity contribution in [2.45, 2.75) is 19.6 Å². The van der Waals surface area contributed by atoms with E-state index >= 15 is 0 Å². The number of halogens is 1. The molecule has 0 bridgehead atoms. The van der Waals surface area contributed by atoms with Crippen LogP contribution in [-0.4, -0.2) is 16.6 Å². The second-order valence-electron chi connectivity index (χ2n) is 5.30. The minimum absolute atomic E-state index is 0.434. The fourth-order valence-corrected chi connectivity index (χ4v) is 3.21. The first kappa shape index (κ1) is 16.2. The van der Waals surface area contributed by atoms with Crippen molar-refractivity contribution in [2.75, 3.05) is 6.54 Å². The van der Waals surface area contributed by atoms with Gasteiger partial charge in [0.1, 0.15) is 12.4 Å². The molecule has 2 heterocycles. The van der Waals surface area contributed by atoms with Crippen molar-refractivity contribution in [1.29, 1.82) is 0 Å². The normalized spacial score (nSPS) is 12.5. The third-order valence-electron chi connectivity index (χ3n) is 3.42. The van der Waals surface area contributed by atoms with Gasteiger partial charge in [-0.05, 0) is 31.2 Å². The van der Waals surface area contributed by atoms with Crippen molar-refractivity contribution in [3.8, 4) is 11.5 Å². The van der Waals surface area contributed by atoms with Crippen LogP contribution in [0.3, 0.4) is 0 Å². The molecule has 2 N–H and O–H groups in total. The molecule has 120 valence electrons. The van der Waals surface area contributed by atoms with Crippen molar-refractivity contribution >= 4 is 22.9 Å². The van der Waals surface area contributed by atoms with E-state index in [-0.39, 0.29) is 0 Å². The monoisotopic (exact) mass is 348 g/mol. The largest absolute Gasteiger partial charge is 0.444 e. The number of aliphatic hydroxyl groups excluding tert-OH is 1. The molecule has 1 atom stereocenters. The fourth-order valence-electron chi connectivity index (χ4n) is 2.16. The van der Waals surface area contributed by atoms with E-state index in [4.69, 9.17) is 16.0 Å². The number of oxazole rings is 1. The zero-order valence-electron chi connectivity index (χ0n) is 12.6. The van der Waals surface area contributed by atoms with E-state index < -0.39 is 6.10 Å². The highest BCUT2D eigenvalue weighted by molar-refractivity contribution is 7.16. The minimum atomic E-state index is -0.573. The molecule has 0 fully saturated rings. The summed E-state index contributed by atoms with van der Waals surface area (Å²) in [6.07, 6.45) is 1.06. The topological polar surface area (TPSA) is 58.3 Å². The summed E-state index contributed by atoms with van der Waals surface area (Å²) >= 11 is 7.26. The summed E-state index contributed by atoms with van der Waals surface area (Å²) in [6.45, 7) is 3.01. The van der Waals surface area contributed by atoms with Crippen molar-refractivity contribution in [3.63, 3.8) is 0 Å².